The fourth-order valence-corrected chi connectivity index (χ4v) is 0.412. The van der Waals surface area contributed by atoms with Crippen LogP contribution in [0.5, 0.6) is 0 Å². The highest BCUT2D eigenvalue weighted by Crippen LogP contribution is 1.76. The normalized spacial score (nSPS) is 8.40. The van der Waals surface area contributed by atoms with Crippen molar-refractivity contribution in [2.24, 2.45) is 11.5 Å². The fourth-order valence-electron chi connectivity index (χ4n) is 0.412. The van der Waals surface area contributed by atoms with Crippen LogP contribution < -0.4 is 11.5 Å². The van der Waals surface area contributed by atoms with E-state index < -0.39 is 11.9 Å². The molecule has 0 spiro atoms. The van der Waals surface area contributed by atoms with Crippen molar-refractivity contribution in [3.05, 3.63) is 0 Å². The molecular weight excluding hydrogens is 204 g/mol. The molecule has 0 heterocycles. The average molecular weight is 220 g/mol. The third-order valence-electron chi connectivity index (χ3n) is 1.14. The Labute approximate surface area is 87.0 Å². The fraction of sp³-hybridized carbons (Fsp3) is 0.571. The van der Waals surface area contributed by atoms with Gasteiger partial charge in [-0.3, -0.25) is 15.0 Å². The molecule has 0 aromatic carbocycles. The van der Waals surface area contributed by atoms with Crippen LogP contribution in [0.3, 0.4) is 0 Å². The lowest BCUT2D eigenvalue weighted by Crippen LogP contribution is -2.36. The summed E-state index contributed by atoms with van der Waals surface area (Å²) in [6, 6.07) is 0. The summed E-state index contributed by atoms with van der Waals surface area (Å²) < 4.78 is 0. The quantitative estimate of drug-likeness (QED) is 0.280. The molecule has 15 heavy (non-hydrogen) atoms. The van der Waals surface area contributed by atoms with E-state index >= 15 is 0 Å². The Morgan fingerprint density at radius 3 is 1.87 bits per heavy atom. The maximum atomic E-state index is 9.92. The van der Waals surface area contributed by atoms with E-state index in [9.17, 15) is 9.59 Å². The molecule has 0 radical (unpaired) electrons. The van der Waals surface area contributed by atoms with Gasteiger partial charge in [0.05, 0.1) is 6.42 Å². The van der Waals surface area contributed by atoms with Gasteiger partial charge in [-0.25, -0.2) is 0 Å². The van der Waals surface area contributed by atoms with E-state index in [0.29, 0.717) is 0 Å². The number of carboxylic acids is 2. The number of nitrogens with one attached hydrogen (secondary N) is 1. The second-order valence-corrected chi connectivity index (χ2v) is 2.57. The zero-order valence-corrected chi connectivity index (χ0v) is 8.43. The van der Waals surface area contributed by atoms with Gasteiger partial charge < -0.3 is 26.6 Å². The predicted molar refractivity (Wildman–Crippen MR) is 53.5 cm³/mol. The van der Waals surface area contributed by atoms with Crippen molar-refractivity contribution in [3.63, 3.8) is 0 Å². The summed E-state index contributed by atoms with van der Waals surface area (Å²) in [5.74, 6) is -2.07. The molecule has 0 saturated heterocycles. The van der Waals surface area contributed by atoms with Crippen molar-refractivity contribution in [1.82, 2.24) is 4.90 Å². The number of guanidine groups is 1. The van der Waals surface area contributed by atoms with Gasteiger partial charge >= 0.3 is 11.9 Å². The molecule has 8 heteroatoms. The molecule has 0 aromatic rings. The zero-order valence-electron chi connectivity index (χ0n) is 8.43. The lowest BCUT2D eigenvalue weighted by Gasteiger charge is -2.12. The van der Waals surface area contributed by atoms with Crippen LogP contribution in [0, 0.1) is 5.41 Å². The maximum absolute atomic E-state index is 9.92. The van der Waals surface area contributed by atoms with Crippen molar-refractivity contribution >= 4 is 17.9 Å². The lowest BCUT2D eigenvalue weighted by molar-refractivity contribution is -0.138. The van der Waals surface area contributed by atoms with Gasteiger partial charge in [0, 0.05) is 13.6 Å². The van der Waals surface area contributed by atoms with Gasteiger partial charge in [-0.1, -0.05) is 0 Å². The summed E-state index contributed by atoms with van der Waals surface area (Å²) >= 11 is 0. The number of carboxylic acid groups (broad SMARTS) is 2. The third-order valence-corrected chi connectivity index (χ3v) is 1.14. The van der Waals surface area contributed by atoms with Gasteiger partial charge in [-0.2, -0.15) is 0 Å². The van der Waals surface area contributed by atoms with Crippen LogP contribution in [0.25, 0.3) is 0 Å². The molecule has 7 N–H and O–H groups in total. The van der Waals surface area contributed by atoms with Gasteiger partial charge in [0.1, 0.15) is 6.54 Å². The van der Waals surface area contributed by atoms with E-state index in [2.05, 4.69) is 0 Å². The van der Waals surface area contributed by atoms with Gasteiger partial charge in [0.15, 0.2) is 5.96 Å². The van der Waals surface area contributed by atoms with E-state index in [-0.39, 0.29) is 25.5 Å². The largest absolute Gasteiger partial charge is 0.481 e. The highest BCUT2D eigenvalue weighted by Gasteiger charge is 2.03. The molecule has 8 nitrogen and oxygen atoms in total. The number of carbonyl (C=O) groups is 2. The first-order chi connectivity index (χ1) is 6.81. The summed E-state index contributed by atoms with van der Waals surface area (Å²) in [6.07, 6.45) is 0.0694. The number of nitrogens with two attached hydrogens (primary N) is 2. The van der Waals surface area contributed by atoms with Crippen molar-refractivity contribution < 1.29 is 19.8 Å². The SMILES string of the molecule is CN(CC(=O)O)C(=N)N.NCCC(=O)O. The minimum Gasteiger partial charge on any atom is -0.481 e. The van der Waals surface area contributed by atoms with E-state index in [1.165, 1.54) is 7.05 Å². The summed E-state index contributed by atoms with van der Waals surface area (Å²) in [6.45, 7) is 0.00463. The number of nitrogens with zero attached hydrogens (tertiary/aromatic N) is 1. The monoisotopic (exact) mass is 220 g/mol. The molecule has 0 aliphatic heterocycles. The molecule has 0 fully saturated rings. The second-order valence-electron chi connectivity index (χ2n) is 2.57. The highest BCUT2D eigenvalue weighted by molar-refractivity contribution is 5.79. The molecule has 0 saturated carbocycles. The van der Waals surface area contributed by atoms with Crippen LogP contribution in [0.15, 0.2) is 0 Å². The van der Waals surface area contributed by atoms with Crippen molar-refractivity contribution in [3.8, 4) is 0 Å². The molecule has 0 unspecified atom stereocenters. The van der Waals surface area contributed by atoms with Crippen LogP contribution in [-0.2, 0) is 9.59 Å². The Bertz CT molecular complexity index is 231. The summed E-state index contributed by atoms with van der Waals surface area (Å²) in [7, 11) is 1.44. The molecular formula is C7H16N4O4. The first kappa shape index (κ1) is 15.6. The van der Waals surface area contributed by atoms with E-state index in [0.717, 1.165) is 4.90 Å². The zero-order chi connectivity index (χ0) is 12.4. The minimum atomic E-state index is -0.993. The van der Waals surface area contributed by atoms with Gasteiger partial charge in [-0.05, 0) is 0 Å². The van der Waals surface area contributed by atoms with Crippen LogP contribution in [-0.4, -0.2) is 53.1 Å². The predicted octanol–water partition coefficient (Wildman–Crippen LogP) is -1.68. The van der Waals surface area contributed by atoms with E-state index in [4.69, 9.17) is 27.1 Å². The van der Waals surface area contributed by atoms with Crippen LogP contribution in [0.4, 0.5) is 0 Å². The second kappa shape index (κ2) is 8.75. The Morgan fingerprint density at radius 2 is 1.80 bits per heavy atom. The number of hydrogen-bond donors (Lipinski definition) is 5. The highest BCUT2D eigenvalue weighted by atomic mass is 16.4. The van der Waals surface area contributed by atoms with Crippen LogP contribution >= 0.6 is 0 Å². The molecule has 0 amide bonds. The van der Waals surface area contributed by atoms with E-state index in [1.807, 2.05) is 0 Å². The van der Waals surface area contributed by atoms with Crippen LogP contribution in [0.2, 0.25) is 0 Å². The molecule has 0 aliphatic carbocycles. The standard InChI is InChI=1S/C4H9N3O2.C3H7NO2/c1-7(4(5)6)2-3(8)9;4-2-1-3(5)6/h2H2,1H3,(H3,5,6)(H,8,9);1-2,4H2,(H,5,6). The Hall–Kier alpha value is -1.83. The number of hydrogen-bond acceptors (Lipinski definition) is 4. The molecule has 0 aromatic heterocycles. The first-order valence-electron chi connectivity index (χ1n) is 4.00. The Morgan fingerprint density at radius 1 is 1.33 bits per heavy atom. The number of rotatable bonds is 4. The molecule has 0 aliphatic rings. The summed E-state index contributed by atoms with van der Waals surface area (Å²) in [5.41, 5.74) is 9.78. The molecule has 0 atom stereocenters. The third kappa shape index (κ3) is 15.0. The van der Waals surface area contributed by atoms with Crippen LogP contribution in [0.1, 0.15) is 6.42 Å². The van der Waals surface area contributed by atoms with Gasteiger partial charge in [0.2, 0.25) is 0 Å². The smallest absolute Gasteiger partial charge is 0.323 e. The minimum absolute atomic E-state index is 0.0694. The first-order valence-corrected chi connectivity index (χ1v) is 4.00. The Balaban J connectivity index is 0. The molecule has 88 valence electrons. The molecule has 0 bridgehead atoms. The Kier molecular flexibility index (Phi) is 9.12. The number of likely N-dealkylation sites (N-methyl/N-ethyl adjacent to an activating group) is 1. The van der Waals surface area contributed by atoms with E-state index in [1.54, 1.807) is 0 Å². The van der Waals surface area contributed by atoms with Crippen molar-refractivity contribution in [2.75, 3.05) is 20.1 Å². The lowest BCUT2D eigenvalue weighted by atomic mass is 10.5. The summed E-state index contributed by atoms with van der Waals surface area (Å²) in [4.78, 5) is 20.6. The topological polar surface area (TPSA) is 154 Å². The van der Waals surface area contributed by atoms with Gasteiger partial charge in [-0.15, -0.1) is 0 Å². The number of aliphatic carboxylic acids is 2. The maximum Gasteiger partial charge on any atom is 0.323 e. The average Bonchev–Trinajstić information content (AvgIpc) is 2.03. The van der Waals surface area contributed by atoms with Crippen molar-refractivity contribution in [1.29, 1.82) is 5.41 Å². The summed E-state index contributed by atoms with van der Waals surface area (Å²) in [5, 5.41) is 22.7. The van der Waals surface area contributed by atoms with Gasteiger partial charge in [0.25, 0.3) is 0 Å². The molecule has 0 rings (SSSR count). The van der Waals surface area contributed by atoms with Crippen molar-refractivity contribution in [2.45, 2.75) is 6.42 Å².